The van der Waals surface area contributed by atoms with Crippen molar-refractivity contribution in [2.24, 2.45) is 0 Å². The van der Waals surface area contributed by atoms with Crippen LogP contribution < -0.4 is 21.3 Å². The number of rotatable bonds is 31. The van der Waals surface area contributed by atoms with Gasteiger partial charge in [0.1, 0.15) is 11.6 Å². The molecule has 2 rings (SSSR count). The number of ether oxygens (including phenoxy) is 6. The molecule has 1 heterocycles. The van der Waals surface area contributed by atoms with Crippen LogP contribution in [0.3, 0.4) is 0 Å². The normalized spacial score (nSPS) is 12.0. The number of hydrogen-bond acceptors (Lipinski definition) is 11. The number of hydrogen-bond donors (Lipinski definition) is 6. The molecule has 4 amide bonds. The lowest BCUT2D eigenvalue weighted by Gasteiger charge is -2.20. The Morgan fingerprint density at radius 2 is 1.33 bits per heavy atom. The summed E-state index contributed by atoms with van der Waals surface area (Å²) in [6, 6.07) is 7.40. The zero-order valence-corrected chi connectivity index (χ0v) is 32.3. The van der Waals surface area contributed by atoms with Gasteiger partial charge in [0.2, 0.25) is 17.7 Å². The summed E-state index contributed by atoms with van der Waals surface area (Å²) in [4.78, 5) is 52.4. The van der Waals surface area contributed by atoms with Crippen molar-refractivity contribution >= 4 is 34.7 Å². The Hall–Kier alpha value is -3.80. The molecular formula is C38H63N5O11. The highest BCUT2D eigenvalue weighted by Crippen LogP contribution is 2.19. The number of H-pyrrole nitrogens is 1. The van der Waals surface area contributed by atoms with Gasteiger partial charge in [0, 0.05) is 49.6 Å². The molecule has 0 aliphatic heterocycles. The number of aromatic amines is 1. The summed E-state index contributed by atoms with van der Waals surface area (Å²) in [5, 5.41) is 21.1. The molecule has 0 spiro atoms. The molecule has 0 unspecified atom stereocenters. The number of aryl methyl sites for hydroxylation is 1. The number of unbranched alkanes of at least 4 members (excludes halogenated alkanes) is 1. The number of aliphatic hydroxyl groups excluding tert-OH is 1. The average molecular weight is 766 g/mol. The molecule has 0 aliphatic rings. The number of para-hydroxylation sites is 1. The van der Waals surface area contributed by atoms with Crippen molar-refractivity contribution in [1.82, 2.24) is 26.3 Å². The fourth-order valence-electron chi connectivity index (χ4n) is 5.11. The maximum absolute atomic E-state index is 12.8. The molecule has 16 heteroatoms. The average Bonchev–Trinajstić information content (AvgIpc) is 3.54. The summed E-state index contributed by atoms with van der Waals surface area (Å²) >= 11 is 0. The number of fused-ring (bicyclic) bond motifs is 1. The smallest absolute Gasteiger partial charge is 0.407 e. The first-order valence-electron chi connectivity index (χ1n) is 18.9. The van der Waals surface area contributed by atoms with E-state index >= 15 is 0 Å². The van der Waals surface area contributed by atoms with Gasteiger partial charge in [-0.1, -0.05) is 18.2 Å². The van der Waals surface area contributed by atoms with Crippen LogP contribution in [0, 0.1) is 0 Å². The Kier molecular flexibility index (Phi) is 24.6. The Bertz CT molecular complexity index is 1330. The Morgan fingerprint density at radius 3 is 2.00 bits per heavy atom. The number of amides is 4. The monoisotopic (exact) mass is 765 g/mol. The zero-order valence-electron chi connectivity index (χ0n) is 32.3. The van der Waals surface area contributed by atoms with E-state index < -0.39 is 17.7 Å². The van der Waals surface area contributed by atoms with Crippen LogP contribution in [0.1, 0.15) is 64.9 Å². The first-order valence-corrected chi connectivity index (χ1v) is 18.9. The third kappa shape index (κ3) is 23.1. The molecule has 1 atom stereocenters. The van der Waals surface area contributed by atoms with E-state index in [-0.39, 0.29) is 57.1 Å². The topological polar surface area (TPSA) is 208 Å². The number of nitrogens with one attached hydrogen (secondary N) is 5. The Labute approximate surface area is 319 Å². The lowest BCUT2D eigenvalue weighted by molar-refractivity contribution is -0.129. The number of aliphatic hydroxyl groups is 1. The largest absolute Gasteiger partial charge is 0.444 e. The van der Waals surface area contributed by atoms with E-state index in [0.29, 0.717) is 85.0 Å². The molecule has 2 aromatic rings. The summed E-state index contributed by atoms with van der Waals surface area (Å²) < 4.78 is 32.4. The molecule has 0 saturated heterocycles. The van der Waals surface area contributed by atoms with E-state index in [0.717, 1.165) is 18.4 Å². The molecule has 0 fully saturated rings. The predicted molar refractivity (Wildman–Crippen MR) is 203 cm³/mol. The van der Waals surface area contributed by atoms with Gasteiger partial charge in [-0.3, -0.25) is 14.4 Å². The highest BCUT2D eigenvalue weighted by Gasteiger charge is 2.20. The van der Waals surface area contributed by atoms with Crippen LogP contribution in [0.5, 0.6) is 0 Å². The summed E-state index contributed by atoms with van der Waals surface area (Å²) in [5.41, 5.74) is 1.75. The third-order valence-electron chi connectivity index (χ3n) is 7.70. The Morgan fingerprint density at radius 1 is 0.704 bits per heavy atom. The van der Waals surface area contributed by atoms with E-state index in [1.54, 1.807) is 20.8 Å². The van der Waals surface area contributed by atoms with Crippen LogP contribution in [-0.4, -0.2) is 138 Å². The van der Waals surface area contributed by atoms with Crippen molar-refractivity contribution < 1.29 is 52.7 Å². The van der Waals surface area contributed by atoms with E-state index in [4.69, 9.17) is 33.5 Å². The van der Waals surface area contributed by atoms with Gasteiger partial charge in [-0.05, 0) is 64.5 Å². The second kappa shape index (κ2) is 28.6. The highest BCUT2D eigenvalue weighted by molar-refractivity contribution is 5.87. The lowest BCUT2D eigenvalue weighted by atomic mass is 10.1. The minimum atomic E-state index is -0.760. The molecule has 54 heavy (non-hydrogen) atoms. The van der Waals surface area contributed by atoms with Crippen molar-refractivity contribution in [2.75, 3.05) is 92.3 Å². The van der Waals surface area contributed by atoms with Gasteiger partial charge in [-0.2, -0.15) is 0 Å². The number of carbonyl (C=O) groups is 4. The van der Waals surface area contributed by atoms with Crippen LogP contribution in [0.2, 0.25) is 0 Å². The van der Waals surface area contributed by atoms with Gasteiger partial charge in [0.15, 0.2) is 0 Å². The summed E-state index contributed by atoms with van der Waals surface area (Å²) in [6.07, 6.45) is 5.21. The minimum Gasteiger partial charge on any atom is -0.444 e. The molecule has 0 radical (unpaired) electrons. The standard InChI is InChI=1S/C38H63N5O11/c1-38(2,3)54-37(48)41-15-7-6-12-33(43-35(46)14-19-49-22-18-44)36(47)40-17-21-51-24-26-53-28-27-52-25-23-50-20-16-39-34(45)13-8-9-30-29-42-32-11-5-4-10-31(30)32/h4-5,10-11,29,33,42,44H,6-9,12-28H2,1-3H3,(H,39,45)(H,40,47)(H,41,48)(H,43,46)/t33-/m1/s1. The van der Waals surface area contributed by atoms with Gasteiger partial charge < -0.3 is 59.8 Å². The van der Waals surface area contributed by atoms with E-state index in [9.17, 15) is 19.2 Å². The molecule has 1 aromatic carbocycles. The second-order valence-electron chi connectivity index (χ2n) is 13.4. The number of carbonyl (C=O) groups excluding carboxylic acids is 4. The van der Waals surface area contributed by atoms with Crippen LogP contribution in [-0.2, 0) is 49.2 Å². The number of alkyl carbamates (subject to hydrolysis) is 1. The van der Waals surface area contributed by atoms with E-state index in [2.05, 4.69) is 32.3 Å². The van der Waals surface area contributed by atoms with Gasteiger partial charge in [0.25, 0.3) is 0 Å². The van der Waals surface area contributed by atoms with Gasteiger partial charge in [-0.25, -0.2) is 4.79 Å². The van der Waals surface area contributed by atoms with Crippen LogP contribution in [0.25, 0.3) is 10.9 Å². The molecule has 306 valence electrons. The number of benzene rings is 1. The van der Waals surface area contributed by atoms with Crippen LogP contribution in [0.4, 0.5) is 4.79 Å². The summed E-state index contributed by atoms with van der Waals surface area (Å²) in [6.45, 7) is 9.59. The number of aromatic nitrogens is 1. The van der Waals surface area contributed by atoms with Crippen LogP contribution in [0.15, 0.2) is 30.5 Å². The maximum Gasteiger partial charge on any atom is 0.407 e. The first kappa shape index (κ1) is 46.4. The molecule has 0 aliphatic carbocycles. The van der Waals surface area contributed by atoms with Crippen molar-refractivity contribution in [3.63, 3.8) is 0 Å². The molecular weight excluding hydrogens is 702 g/mol. The molecule has 16 nitrogen and oxygen atoms in total. The molecule has 1 aromatic heterocycles. The maximum atomic E-state index is 12.8. The molecule has 6 N–H and O–H groups in total. The fourth-order valence-corrected chi connectivity index (χ4v) is 5.11. The second-order valence-corrected chi connectivity index (χ2v) is 13.4. The minimum absolute atomic E-state index is 0.0167. The Balaban J connectivity index is 1.44. The van der Waals surface area contributed by atoms with Crippen molar-refractivity contribution in [3.8, 4) is 0 Å². The summed E-state index contributed by atoms with van der Waals surface area (Å²) in [7, 11) is 0. The molecule has 0 bridgehead atoms. The zero-order chi connectivity index (χ0) is 39.3. The van der Waals surface area contributed by atoms with Crippen molar-refractivity contribution in [2.45, 2.75) is 77.4 Å². The molecule has 0 saturated carbocycles. The SMILES string of the molecule is CC(C)(C)OC(=O)NCCCC[C@@H](NC(=O)CCOCCO)C(=O)NCCOCCOCCOCCOCCNC(=O)CCCc1c[nH]c2ccccc12. The van der Waals surface area contributed by atoms with Crippen LogP contribution >= 0.6 is 0 Å². The van der Waals surface area contributed by atoms with Crippen molar-refractivity contribution in [3.05, 3.63) is 36.0 Å². The van der Waals surface area contributed by atoms with E-state index in [1.807, 2.05) is 24.4 Å². The fraction of sp³-hybridized carbons (Fsp3) is 0.684. The third-order valence-corrected chi connectivity index (χ3v) is 7.70. The highest BCUT2D eigenvalue weighted by atomic mass is 16.6. The lowest BCUT2D eigenvalue weighted by Crippen LogP contribution is -2.47. The van der Waals surface area contributed by atoms with E-state index in [1.165, 1.54) is 10.9 Å². The van der Waals surface area contributed by atoms with Gasteiger partial charge in [0.05, 0.1) is 72.7 Å². The first-order chi connectivity index (χ1) is 26.1. The predicted octanol–water partition coefficient (Wildman–Crippen LogP) is 2.37. The van der Waals surface area contributed by atoms with Crippen molar-refractivity contribution in [1.29, 1.82) is 0 Å². The van der Waals surface area contributed by atoms with Gasteiger partial charge >= 0.3 is 6.09 Å². The quantitative estimate of drug-likeness (QED) is 0.0615. The van der Waals surface area contributed by atoms with Gasteiger partial charge in [-0.15, -0.1) is 0 Å². The summed E-state index contributed by atoms with van der Waals surface area (Å²) in [5.74, 6) is -0.656.